The van der Waals surface area contributed by atoms with Crippen molar-refractivity contribution in [3.8, 4) is 5.69 Å². The Morgan fingerprint density at radius 3 is 2.71 bits per heavy atom. The molecule has 0 bridgehead atoms. The topological polar surface area (TPSA) is 76.9 Å². The summed E-state index contributed by atoms with van der Waals surface area (Å²) in [4.78, 5) is 33.9. The Balaban J connectivity index is 1.73. The largest absolute Gasteiger partial charge is 0.322 e. The third kappa shape index (κ3) is 3.37. The third-order valence-electron chi connectivity index (χ3n) is 4.26. The second kappa shape index (κ2) is 7.25. The third-order valence-corrected chi connectivity index (χ3v) is 4.50. The first-order valence-corrected chi connectivity index (χ1v) is 8.92. The SMILES string of the molecule is Cc1nc2ncccc2c(=O)n1-c1cccc(NC(=O)c2cccc(Cl)c2)c1. The van der Waals surface area contributed by atoms with Gasteiger partial charge >= 0.3 is 0 Å². The molecule has 0 saturated carbocycles. The highest BCUT2D eigenvalue weighted by molar-refractivity contribution is 6.31. The lowest BCUT2D eigenvalue weighted by Gasteiger charge is -2.12. The van der Waals surface area contributed by atoms with Crippen molar-refractivity contribution in [2.45, 2.75) is 6.92 Å². The highest BCUT2D eigenvalue weighted by atomic mass is 35.5. The van der Waals surface area contributed by atoms with Crippen molar-refractivity contribution >= 4 is 34.2 Å². The van der Waals surface area contributed by atoms with E-state index in [1.165, 1.54) is 4.57 Å². The molecule has 0 radical (unpaired) electrons. The first-order valence-electron chi connectivity index (χ1n) is 8.55. The van der Waals surface area contributed by atoms with Crippen LogP contribution in [-0.4, -0.2) is 20.4 Å². The molecular formula is C21H15ClN4O2. The van der Waals surface area contributed by atoms with Crippen LogP contribution in [0.15, 0.2) is 71.7 Å². The van der Waals surface area contributed by atoms with Crippen molar-refractivity contribution in [3.05, 3.63) is 93.6 Å². The molecule has 2 aromatic heterocycles. The molecule has 28 heavy (non-hydrogen) atoms. The second-order valence-corrected chi connectivity index (χ2v) is 6.63. The molecule has 0 saturated heterocycles. The smallest absolute Gasteiger partial charge is 0.267 e. The van der Waals surface area contributed by atoms with Gasteiger partial charge in [-0.15, -0.1) is 0 Å². The molecular weight excluding hydrogens is 376 g/mol. The van der Waals surface area contributed by atoms with Gasteiger partial charge in [0.25, 0.3) is 11.5 Å². The average molecular weight is 391 g/mol. The normalized spacial score (nSPS) is 10.8. The van der Waals surface area contributed by atoms with Crippen LogP contribution in [-0.2, 0) is 0 Å². The van der Waals surface area contributed by atoms with Crippen LogP contribution >= 0.6 is 11.6 Å². The van der Waals surface area contributed by atoms with E-state index in [2.05, 4.69) is 15.3 Å². The summed E-state index contributed by atoms with van der Waals surface area (Å²) < 4.78 is 1.50. The molecule has 138 valence electrons. The number of aromatic nitrogens is 3. The van der Waals surface area contributed by atoms with Gasteiger partial charge in [0.1, 0.15) is 5.82 Å². The van der Waals surface area contributed by atoms with Crippen molar-refractivity contribution in [2.24, 2.45) is 0 Å². The summed E-state index contributed by atoms with van der Waals surface area (Å²) in [5, 5.41) is 3.74. The summed E-state index contributed by atoms with van der Waals surface area (Å²) in [6.45, 7) is 1.74. The van der Waals surface area contributed by atoms with Gasteiger partial charge in [0.05, 0.1) is 11.1 Å². The van der Waals surface area contributed by atoms with E-state index in [1.54, 1.807) is 73.8 Å². The number of hydrogen-bond donors (Lipinski definition) is 1. The van der Waals surface area contributed by atoms with Crippen LogP contribution in [0.5, 0.6) is 0 Å². The molecule has 1 N–H and O–H groups in total. The van der Waals surface area contributed by atoms with Crippen molar-refractivity contribution < 1.29 is 4.79 Å². The highest BCUT2D eigenvalue weighted by Crippen LogP contribution is 2.18. The zero-order valence-electron chi connectivity index (χ0n) is 14.9. The van der Waals surface area contributed by atoms with E-state index in [1.807, 2.05) is 0 Å². The maximum absolute atomic E-state index is 12.9. The zero-order chi connectivity index (χ0) is 19.7. The van der Waals surface area contributed by atoms with Crippen LogP contribution in [0.25, 0.3) is 16.7 Å². The fraction of sp³-hybridized carbons (Fsp3) is 0.0476. The van der Waals surface area contributed by atoms with Crippen molar-refractivity contribution in [1.29, 1.82) is 0 Å². The molecule has 6 nitrogen and oxygen atoms in total. The quantitative estimate of drug-likeness (QED) is 0.573. The molecule has 0 aliphatic heterocycles. The van der Waals surface area contributed by atoms with Gasteiger partial charge < -0.3 is 5.32 Å². The fourth-order valence-corrected chi connectivity index (χ4v) is 3.17. The molecule has 0 aliphatic rings. The van der Waals surface area contributed by atoms with Crippen LogP contribution in [0.1, 0.15) is 16.2 Å². The molecule has 2 heterocycles. The highest BCUT2D eigenvalue weighted by Gasteiger charge is 2.12. The Morgan fingerprint density at radius 1 is 1.07 bits per heavy atom. The van der Waals surface area contributed by atoms with Gasteiger partial charge in [-0.1, -0.05) is 23.7 Å². The van der Waals surface area contributed by atoms with Crippen LogP contribution in [0.2, 0.25) is 5.02 Å². The number of carbonyl (C=O) groups excluding carboxylic acids is 1. The number of anilines is 1. The molecule has 0 spiro atoms. The van der Waals surface area contributed by atoms with E-state index in [4.69, 9.17) is 11.6 Å². The molecule has 0 atom stereocenters. The summed E-state index contributed by atoms with van der Waals surface area (Å²) in [7, 11) is 0. The lowest BCUT2D eigenvalue weighted by Crippen LogP contribution is -2.22. The molecule has 0 fully saturated rings. The Kier molecular flexibility index (Phi) is 4.63. The van der Waals surface area contributed by atoms with E-state index < -0.39 is 0 Å². The number of fused-ring (bicyclic) bond motifs is 1. The van der Waals surface area contributed by atoms with Crippen molar-refractivity contribution in [2.75, 3.05) is 5.32 Å². The molecule has 2 aromatic carbocycles. The van der Waals surface area contributed by atoms with E-state index in [9.17, 15) is 9.59 Å². The summed E-state index contributed by atoms with van der Waals surface area (Å²) in [6.07, 6.45) is 1.60. The Bertz CT molecular complexity index is 1270. The molecule has 1 amide bonds. The second-order valence-electron chi connectivity index (χ2n) is 6.19. The Hall–Kier alpha value is -3.51. The van der Waals surface area contributed by atoms with E-state index in [0.29, 0.717) is 38.8 Å². The predicted molar refractivity (Wildman–Crippen MR) is 109 cm³/mol. The van der Waals surface area contributed by atoms with E-state index >= 15 is 0 Å². The summed E-state index contributed by atoms with van der Waals surface area (Å²) in [5.74, 6) is 0.221. The van der Waals surface area contributed by atoms with Crippen LogP contribution < -0.4 is 10.9 Å². The minimum absolute atomic E-state index is 0.214. The maximum atomic E-state index is 12.9. The number of benzene rings is 2. The van der Waals surface area contributed by atoms with E-state index in [0.717, 1.165) is 0 Å². The standard InChI is InChI=1S/C21H15ClN4O2/c1-13-24-19-18(9-4-10-23-19)21(28)26(13)17-8-3-7-16(12-17)25-20(27)14-5-2-6-15(22)11-14/h2-12H,1H3,(H,25,27). The van der Waals surface area contributed by atoms with Gasteiger partial charge in [0.2, 0.25) is 0 Å². The minimum Gasteiger partial charge on any atom is -0.322 e. The number of aryl methyl sites for hydroxylation is 1. The predicted octanol–water partition coefficient (Wildman–Crippen LogP) is 3.99. The average Bonchev–Trinajstić information content (AvgIpc) is 2.68. The number of rotatable bonds is 3. The minimum atomic E-state index is -0.287. The lowest BCUT2D eigenvalue weighted by atomic mass is 10.2. The van der Waals surface area contributed by atoms with E-state index in [-0.39, 0.29) is 11.5 Å². The van der Waals surface area contributed by atoms with Crippen LogP contribution in [0, 0.1) is 6.92 Å². The number of halogens is 1. The van der Waals surface area contributed by atoms with Gasteiger partial charge in [-0.2, -0.15) is 0 Å². The van der Waals surface area contributed by atoms with Crippen LogP contribution in [0.4, 0.5) is 5.69 Å². The summed E-state index contributed by atoms with van der Waals surface area (Å²) in [5.41, 5.74) is 1.80. The zero-order valence-corrected chi connectivity index (χ0v) is 15.6. The number of nitrogens with one attached hydrogen (secondary N) is 1. The number of amides is 1. The molecule has 4 aromatic rings. The van der Waals surface area contributed by atoms with Gasteiger partial charge in [0, 0.05) is 22.5 Å². The Labute approximate surface area is 165 Å². The first-order chi connectivity index (χ1) is 13.5. The van der Waals surface area contributed by atoms with Gasteiger partial charge in [0.15, 0.2) is 5.65 Å². The van der Waals surface area contributed by atoms with Crippen molar-refractivity contribution in [1.82, 2.24) is 14.5 Å². The van der Waals surface area contributed by atoms with Gasteiger partial charge in [-0.05, 0) is 55.5 Å². The molecule has 0 aliphatic carbocycles. The number of nitrogens with zero attached hydrogens (tertiary/aromatic N) is 3. The molecule has 7 heteroatoms. The molecule has 4 rings (SSSR count). The lowest BCUT2D eigenvalue weighted by molar-refractivity contribution is 0.102. The van der Waals surface area contributed by atoms with Gasteiger partial charge in [-0.3, -0.25) is 14.2 Å². The number of carbonyl (C=O) groups is 1. The number of hydrogen-bond acceptors (Lipinski definition) is 4. The Morgan fingerprint density at radius 2 is 1.89 bits per heavy atom. The summed E-state index contributed by atoms with van der Waals surface area (Å²) >= 11 is 5.95. The number of pyridine rings is 1. The summed E-state index contributed by atoms with van der Waals surface area (Å²) in [6, 6.07) is 17.1. The fourth-order valence-electron chi connectivity index (χ4n) is 2.98. The molecule has 0 unspecified atom stereocenters. The van der Waals surface area contributed by atoms with Crippen molar-refractivity contribution in [3.63, 3.8) is 0 Å². The van der Waals surface area contributed by atoms with Gasteiger partial charge in [-0.25, -0.2) is 9.97 Å². The monoisotopic (exact) mass is 390 g/mol. The van der Waals surface area contributed by atoms with Crippen LogP contribution in [0.3, 0.4) is 0 Å². The first kappa shape index (κ1) is 17.9. The maximum Gasteiger partial charge on any atom is 0.267 e.